The van der Waals surface area contributed by atoms with Crippen LogP contribution in [-0.4, -0.2) is 58.3 Å². The number of pyridine rings is 1. The Kier molecular flexibility index (Phi) is 8.49. The molecule has 4 rings (SSSR count). The lowest BCUT2D eigenvalue weighted by Gasteiger charge is -2.27. The average Bonchev–Trinajstić information content (AvgIpc) is 3.22. The van der Waals surface area contributed by atoms with Crippen LogP contribution in [0, 0.1) is 5.82 Å². The number of halogens is 5. The summed E-state index contributed by atoms with van der Waals surface area (Å²) >= 11 is 0. The third kappa shape index (κ3) is 6.12. The number of benzene rings is 1. The number of Topliss-reactive ketones (excluding diaryl/α,β-unsaturated/α-hetero) is 1. The van der Waals surface area contributed by atoms with Crippen LogP contribution in [0.5, 0.6) is 5.75 Å². The van der Waals surface area contributed by atoms with E-state index in [2.05, 4.69) is 15.0 Å². The molecule has 8 nitrogen and oxygen atoms in total. The quantitative estimate of drug-likeness (QED) is 0.334. The van der Waals surface area contributed by atoms with Crippen LogP contribution < -0.4 is 4.74 Å². The smallest absolute Gasteiger partial charge is 0.451 e. The highest BCUT2D eigenvalue weighted by atomic mass is 32.2. The lowest BCUT2D eigenvalue weighted by Crippen LogP contribution is -2.44. The molecule has 2 aromatic heterocycles. The molecule has 40 heavy (non-hydrogen) atoms. The predicted octanol–water partition coefficient (Wildman–Crippen LogP) is 4.79. The van der Waals surface area contributed by atoms with Crippen LogP contribution in [0.4, 0.5) is 22.0 Å². The number of nitrogens with zero attached hydrogens (tertiary/aromatic N) is 4. The summed E-state index contributed by atoms with van der Waals surface area (Å²) in [6, 6.07) is 3.18. The molecule has 3 atom stereocenters. The van der Waals surface area contributed by atoms with Crippen molar-refractivity contribution in [3.63, 3.8) is 0 Å². The van der Waals surface area contributed by atoms with E-state index in [1.165, 1.54) is 19.2 Å². The standard InChI is InChI=1S/C26H25F5N4O4S/c1-3-39-24-14-32-21(17-12-33-25(34-13-17)26(29,30)31)10-16(24)4-9-23(36)22-11-20(28)15(2)35(22)40(37,38)19-7-5-18(27)6-8-19/h5-8,10,12-15,20,22H,3-4,9,11H2,1-2H3/t15-,20+,22-/m0/s1. The van der Waals surface area contributed by atoms with E-state index in [1.807, 2.05) is 0 Å². The van der Waals surface area contributed by atoms with E-state index in [4.69, 9.17) is 4.74 Å². The molecule has 0 unspecified atom stereocenters. The number of aryl methyl sites for hydroxylation is 1. The number of carbonyl (C=O) groups is 1. The Bertz CT molecular complexity index is 1470. The number of sulfonamides is 1. The number of hydrogen-bond donors (Lipinski definition) is 0. The summed E-state index contributed by atoms with van der Waals surface area (Å²) in [6.45, 7) is 3.36. The van der Waals surface area contributed by atoms with Gasteiger partial charge in [-0.05, 0) is 56.2 Å². The predicted molar refractivity (Wildman–Crippen MR) is 133 cm³/mol. The first-order valence-electron chi connectivity index (χ1n) is 12.3. The summed E-state index contributed by atoms with van der Waals surface area (Å²) in [6.07, 6.45) is -3.44. The number of hydrogen-bond acceptors (Lipinski definition) is 7. The molecule has 3 aromatic rings. The number of ether oxygens (including phenoxy) is 1. The number of carbonyl (C=O) groups excluding carboxylic acids is 1. The van der Waals surface area contributed by atoms with Gasteiger partial charge in [0.2, 0.25) is 15.8 Å². The van der Waals surface area contributed by atoms with Crippen LogP contribution in [0.25, 0.3) is 11.3 Å². The monoisotopic (exact) mass is 584 g/mol. The number of aromatic nitrogens is 3. The SMILES string of the molecule is CCOc1cnc(-c2cnc(C(F)(F)F)nc2)cc1CCC(=O)[C@@H]1C[C@@H](F)[C@H](C)N1S(=O)(=O)c1ccc(F)cc1. The zero-order valence-corrected chi connectivity index (χ0v) is 22.2. The van der Waals surface area contributed by atoms with Gasteiger partial charge < -0.3 is 4.74 Å². The molecular weight excluding hydrogens is 559 g/mol. The molecule has 0 amide bonds. The second kappa shape index (κ2) is 11.5. The van der Waals surface area contributed by atoms with Gasteiger partial charge >= 0.3 is 6.18 Å². The maximum atomic E-state index is 14.7. The van der Waals surface area contributed by atoms with Gasteiger partial charge in [0.05, 0.1) is 35.5 Å². The van der Waals surface area contributed by atoms with Gasteiger partial charge in [-0.15, -0.1) is 0 Å². The van der Waals surface area contributed by atoms with E-state index in [0.29, 0.717) is 11.3 Å². The minimum absolute atomic E-state index is 0.0530. The Morgan fingerprint density at radius 2 is 1.75 bits per heavy atom. The van der Waals surface area contributed by atoms with Crippen molar-refractivity contribution in [1.29, 1.82) is 0 Å². The third-order valence-electron chi connectivity index (χ3n) is 6.53. The Hall–Kier alpha value is -3.52. The normalized spacial score (nSPS) is 20.0. The first-order valence-corrected chi connectivity index (χ1v) is 13.7. The van der Waals surface area contributed by atoms with E-state index in [0.717, 1.165) is 41.0 Å². The van der Waals surface area contributed by atoms with Crippen LogP contribution in [0.3, 0.4) is 0 Å². The van der Waals surface area contributed by atoms with Crippen LogP contribution in [0.15, 0.2) is 53.8 Å². The highest BCUT2D eigenvalue weighted by Crippen LogP contribution is 2.35. The molecule has 1 aliphatic heterocycles. The molecule has 14 heteroatoms. The van der Waals surface area contributed by atoms with Crippen molar-refractivity contribution in [2.45, 2.75) is 62.4 Å². The van der Waals surface area contributed by atoms with Crippen LogP contribution >= 0.6 is 0 Å². The van der Waals surface area contributed by atoms with Gasteiger partial charge in [-0.2, -0.15) is 17.5 Å². The molecule has 1 aliphatic rings. The zero-order chi connectivity index (χ0) is 29.2. The fourth-order valence-electron chi connectivity index (χ4n) is 4.50. The molecule has 0 aliphatic carbocycles. The molecule has 3 heterocycles. The van der Waals surface area contributed by atoms with Gasteiger partial charge in [0.25, 0.3) is 0 Å². The number of ketones is 1. The van der Waals surface area contributed by atoms with Gasteiger partial charge in [0.1, 0.15) is 17.7 Å². The summed E-state index contributed by atoms with van der Waals surface area (Å²) in [5.41, 5.74) is 0.916. The van der Waals surface area contributed by atoms with Crippen molar-refractivity contribution in [3.8, 4) is 17.0 Å². The maximum absolute atomic E-state index is 14.7. The zero-order valence-electron chi connectivity index (χ0n) is 21.4. The van der Waals surface area contributed by atoms with Gasteiger partial charge in [0, 0.05) is 30.8 Å². The number of alkyl halides is 4. The van der Waals surface area contributed by atoms with Crippen LogP contribution in [0.1, 0.15) is 38.1 Å². The Morgan fingerprint density at radius 1 is 1.10 bits per heavy atom. The van der Waals surface area contributed by atoms with Crippen LogP contribution in [-0.2, 0) is 27.4 Å². The molecule has 0 radical (unpaired) electrons. The topological polar surface area (TPSA) is 102 Å². The highest BCUT2D eigenvalue weighted by molar-refractivity contribution is 7.89. The summed E-state index contributed by atoms with van der Waals surface area (Å²) < 4.78 is 99.6. The van der Waals surface area contributed by atoms with Crippen molar-refractivity contribution in [1.82, 2.24) is 19.3 Å². The van der Waals surface area contributed by atoms with Crippen molar-refractivity contribution >= 4 is 15.8 Å². The lowest BCUT2D eigenvalue weighted by atomic mass is 10.0. The molecule has 0 N–H and O–H groups in total. The molecule has 1 fully saturated rings. The summed E-state index contributed by atoms with van der Waals surface area (Å²) in [5, 5.41) is 0. The molecule has 0 spiro atoms. The van der Waals surface area contributed by atoms with Gasteiger partial charge in [-0.25, -0.2) is 27.2 Å². The molecule has 0 saturated carbocycles. The fourth-order valence-corrected chi connectivity index (χ4v) is 6.33. The minimum Gasteiger partial charge on any atom is -0.492 e. The van der Waals surface area contributed by atoms with Crippen molar-refractivity contribution < 1.29 is 39.9 Å². The van der Waals surface area contributed by atoms with Gasteiger partial charge in [-0.1, -0.05) is 0 Å². The van der Waals surface area contributed by atoms with Crippen molar-refractivity contribution in [3.05, 3.63) is 66.1 Å². The minimum atomic E-state index is -4.70. The Balaban J connectivity index is 1.57. The molecule has 1 aromatic carbocycles. The highest BCUT2D eigenvalue weighted by Gasteiger charge is 2.48. The summed E-state index contributed by atoms with van der Waals surface area (Å²) in [7, 11) is -4.31. The van der Waals surface area contributed by atoms with Crippen molar-refractivity contribution in [2.75, 3.05) is 6.61 Å². The third-order valence-corrected chi connectivity index (χ3v) is 8.54. The molecule has 0 bridgehead atoms. The second-order valence-corrected chi connectivity index (χ2v) is 11.0. The lowest BCUT2D eigenvalue weighted by molar-refractivity contribution is -0.145. The van der Waals surface area contributed by atoms with Gasteiger partial charge in [-0.3, -0.25) is 9.78 Å². The summed E-state index contributed by atoms with van der Waals surface area (Å²) in [4.78, 5) is 23.9. The first-order chi connectivity index (χ1) is 18.8. The van der Waals surface area contributed by atoms with Crippen molar-refractivity contribution in [2.24, 2.45) is 0 Å². The van der Waals surface area contributed by atoms with E-state index < -0.39 is 51.9 Å². The summed E-state index contributed by atoms with van der Waals surface area (Å²) in [5.74, 6) is -2.15. The van der Waals surface area contributed by atoms with Gasteiger partial charge in [0.15, 0.2) is 5.78 Å². The second-order valence-electron chi connectivity index (χ2n) is 9.17. The first kappa shape index (κ1) is 29.5. The van der Waals surface area contributed by atoms with E-state index in [9.17, 15) is 35.2 Å². The van der Waals surface area contributed by atoms with E-state index >= 15 is 0 Å². The Morgan fingerprint density at radius 3 is 2.35 bits per heavy atom. The van der Waals surface area contributed by atoms with E-state index in [-0.39, 0.29) is 42.0 Å². The molecule has 1 saturated heterocycles. The maximum Gasteiger partial charge on any atom is 0.451 e. The largest absolute Gasteiger partial charge is 0.492 e. The average molecular weight is 585 g/mol. The van der Waals surface area contributed by atoms with Crippen LogP contribution in [0.2, 0.25) is 0 Å². The number of rotatable bonds is 9. The fraction of sp³-hybridized carbons (Fsp3) is 0.385. The molecular formula is C26H25F5N4O4S. The Labute approximate surface area is 227 Å². The molecule has 214 valence electrons. The van der Waals surface area contributed by atoms with E-state index in [1.54, 1.807) is 6.92 Å².